The van der Waals surface area contributed by atoms with Gasteiger partial charge in [-0.15, -0.1) is 0 Å². The third-order valence-electron chi connectivity index (χ3n) is 2.32. The molecule has 5 nitrogen and oxygen atoms in total. The molecule has 1 atom stereocenters. The van der Waals surface area contributed by atoms with Crippen molar-refractivity contribution in [3.8, 4) is 0 Å². The molecule has 2 aliphatic heterocycles. The van der Waals surface area contributed by atoms with Crippen molar-refractivity contribution in [3.63, 3.8) is 0 Å². The molecule has 2 heterocycles. The smallest absolute Gasteiger partial charge is 0.313 e. The molecule has 0 aromatic heterocycles. The molecule has 0 bridgehead atoms. The molecule has 2 saturated heterocycles. The van der Waals surface area contributed by atoms with E-state index in [9.17, 15) is 4.79 Å². The summed E-state index contributed by atoms with van der Waals surface area (Å²) in [5.41, 5.74) is 0. The Kier molecular flexibility index (Phi) is 1.79. The fraction of sp³-hybridized carbons (Fsp3) is 0.857. The first-order valence-electron chi connectivity index (χ1n) is 3.96. The first-order chi connectivity index (χ1) is 5.75. The van der Waals surface area contributed by atoms with Crippen LogP contribution >= 0.6 is 0 Å². The van der Waals surface area contributed by atoms with Crippen molar-refractivity contribution in [3.05, 3.63) is 0 Å². The zero-order valence-electron chi connectivity index (χ0n) is 6.58. The van der Waals surface area contributed by atoms with E-state index in [4.69, 9.17) is 14.6 Å². The molecule has 1 spiro atoms. The SMILES string of the molecule is O=C(O)C1CNCC12OCCO2. The summed E-state index contributed by atoms with van der Waals surface area (Å²) in [5, 5.41) is 11.8. The van der Waals surface area contributed by atoms with Crippen LogP contribution in [0.1, 0.15) is 0 Å². The van der Waals surface area contributed by atoms with Crippen molar-refractivity contribution >= 4 is 5.97 Å². The van der Waals surface area contributed by atoms with Crippen LogP contribution in [-0.2, 0) is 14.3 Å². The highest BCUT2D eigenvalue weighted by Crippen LogP contribution is 2.31. The first kappa shape index (κ1) is 7.97. The Balaban J connectivity index is 2.17. The lowest BCUT2D eigenvalue weighted by molar-refractivity contribution is -0.187. The summed E-state index contributed by atoms with van der Waals surface area (Å²) in [7, 11) is 0. The van der Waals surface area contributed by atoms with E-state index in [0.717, 1.165) is 0 Å². The van der Waals surface area contributed by atoms with Gasteiger partial charge in [-0.1, -0.05) is 0 Å². The normalized spacial score (nSPS) is 32.8. The van der Waals surface area contributed by atoms with Crippen molar-refractivity contribution < 1.29 is 19.4 Å². The lowest BCUT2D eigenvalue weighted by Gasteiger charge is -2.24. The molecule has 1 unspecified atom stereocenters. The Labute approximate surface area is 69.6 Å². The van der Waals surface area contributed by atoms with E-state index in [1.807, 2.05) is 0 Å². The van der Waals surface area contributed by atoms with Gasteiger partial charge in [-0.25, -0.2) is 0 Å². The molecule has 2 fully saturated rings. The maximum Gasteiger partial charge on any atom is 0.313 e. The Hall–Kier alpha value is -0.650. The Morgan fingerprint density at radius 2 is 2.17 bits per heavy atom. The zero-order chi connectivity index (χ0) is 8.60. The lowest BCUT2D eigenvalue weighted by atomic mass is 10.0. The molecule has 2 aliphatic rings. The van der Waals surface area contributed by atoms with Gasteiger partial charge in [0.25, 0.3) is 0 Å². The van der Waals surface area contributed by atoms with Crippen molar-refractivity contribution in [1.82, 2.24) is 5.32 Å². The van der Waals surface area contributed by atoms with Crippen LogP contribution in [0.3, 0.4) is 0 Å². The zero-order valence-corrected chi connectivity index (χ0v) is 6.58. The number of aliphatic carboxylic acids is 1. The van der Waals surface area contributed by atoms with Crippen LogP contribution in [0.5, 0.6) is 0 Å². The van der Waals surface area contributed by atoms with Gasteiger partial charge in [0.05, 0.1) is 19.8 Å². The topological polar surface area (TPSA) is 67.8 Å². The predicted octanol–water partition coefficient (Wildman–Crippen LogP) is -0.966. The quantitative estimate of drug-likeness (QED) is 0.534. The first-order valence-corrected chi connectivity index (χ1v) is 3.96. The van der Waals surface area contributed by atoms with Crippen LogP contribution in [-0.4, -0.2) is 43.2 Å². The van der Waals surface area contributed by atoms with Gasteiger partial charge in [0.15, 0.2) is 5.79 Å². The second-order valence-corrected chi connectivity index (χ2v) is 3.03. The van der Waals surface area contributed by atoms with Crippen molar-refractivity contribution in [2.24, 2.45) is 5.92 Å². The van der Waals surface area contributed by atoms with E-state index < -0.39 is 17.7 Å². The third-order valence-corrected chi connectivity index (χ3v) is 2.32. The summed E-state index contributed by atoms with van der Waals surface area (Å²) in [6.07, 6.45) is 0. The second kappa shape index (κ2) is 2.69. The maximum atomic E-state index is 10.8. The van der Waals surface area contributed by atoms with Crippen LogP contribution in [0.2, 0.25) is 0 Å². The highest BCUT2D eigenvalue weighted by molar-refractivity contribution is 5.72. The van der Waals surface area contributed by atoms with E-state index in [1.165, 1.54) is 0 Å². The summed E-state index contributed by atoms with van der Waals surface area (Å²) in [4.78, 5) is 10.8. The van der Waals surface area contributed by atoms with E-state index in [-0.39, 0.29) is 0 Å². The molecule has 0 amide bonds. The van der Waals surface area contributed by atoms with Crippen molar-refractivity contribution in [1.29, 1.82) is 0 Å². The molecular weight excluding hydrogens is 162 g/mol. The van der Waals surface area contributed by atoms with E-state index in [1.54, 1.807) is 0 Å². The Morgan fingerprint density at radius 1 is 1.50 bits per heavy atom. The molecule has 68 valence electrons. The molecule has 0 radical (unpaired) electrons. The molecule has 0 aromatic carbocycles. The summed E-state index contributed by atoms with van der Waals surface area (Å²) in [5.74, 6) is -2.31. The molecule has 0 aliphatic carbocycles. The van der Waals surface area contributed by atoms with Crippen molar-refractivity contribution in [2.75, 3.05) is 26.3 Å². The molecular formula is C7H11NO4. The maximum absolute atomic E-state index is 10.8. The minimum atomic E-state index is -0.883. The molecule has 2 rings (SSSR count). The number of carboxylic acid groups (broad SMARTS) is 1. The van der Waals surface area contributed by atoms with E-state index >= 15 is 0 Å². The standard InChI is InChI=1S/C7H11NO4/c9-6(10)5-3-8-4-7(5)11-1-2-12-7/h5,8H,1-4H2,(H,9,10). The fourth-order valence-corrected chi connectivity index (χ4v) is 1.72. The minimum absolute atomic E-state index is 0.426. The molecule has 0 saturated carbocycles. The van der Waals surface area contributed by atoms with Gasteiger partial charge >= 0.3 is 5.97 Å². The number of rotatable bonds is 1. The van der Waals surface area contributed by atoms with E-state index in [0.29, 0.717) is 26.3 Å². The second-order valence-electron chi connectivity index (χ2n) is 3.03. The minimum Gasteiger partial charge on any atom is -0.481 e. The highest BCUT2D eigenvalue weighted by atomic mass is 16.7. The van der Waals surface area contributed by atoms with Gasteiger partial charge in [-0.2, -0.15) is 0 Å². The van der Waals surface area contributed by atoms with Crippen LogP contribution in [0.4, 0.5) is 0 Å². The monoisotopic (exact) mass is 173 g/mol. The van der Waals surface area contributed by atoms with Gasteiger partial charge in [0.2, 0.25) is 0 Å². The molecule has 12 heavy (non-hydrogen) atoms. The lowest BCUT2D eigenvalue weighted by Crippen LogP contribution is -2.42. The van der Waals surface area contributed by atoms with Gasteiger partial charge in [0.1, 0.15) is 5.92 Å². The van der Waals surface area contributed by atoms with Crippen LogP contribution in [0, 0.1) is 5.92 Å². The number of hydrogen-bond acceptors (Lipinski definition) is 4. The summed E-state index contributed by atoms with van der Waals surface area (Å²) >= 11 is 0. The number of carbonyl (C=O) groups is 1. The number of carboxylic acids is 1. The Bertz CT molecular complexity index is 194. The van der Waals surface area contributed by atoms with Gasteiger partial charge in [-0.3, -0.25) is 4.79 Å². The van der Waals surface area contributed by atoms with Crippen LogP contribution in [0.15, 0.2) is 0 Å². The average Bonchev–Trinajstić information content (AvgIpc) is 2.61. The third kappa shape index (κ3) is 1.01. The van der Waals surface area contributed by atoms with Gasteiger partial charge in [0, 0.05) is 6.54 Å². The highest BCUT2D eigenvalue weighted by Gasteiger charge is 2.51. The number of ether oxygens (including phenoxy) is 2. The number of nitrogens with one attached hydrogen (secondary N) is 1. The van der Waals surface area contributed by atoms with Crippen molar-refractivity contribution in [2.45, 2.75) is 5.79 Å². The predicted molar refractivity (Wildman–Crippen MR) is 38.6 cm³/mol. The summed E-state index contributed by atoms with van der Waals surface area (Å²) < 4.78 is 10.6. The van der Waals surface area contributed by atoms with Gasteiger partial charge < -0.3 is 19.9 Å². The van der Waals surface area contributed by atoms with Crippen LogP contribution in [0.25, 0.3) is 0 Å². The number of hydrogen-bond donors (Lipinski definition) is 2. The molecule has 5 heteroatoms. The fourth-order valence-electron chi connectivity index (χ4n) is 1.72. The van der Waals surface area contributed by atoms with Crippen LogP contribution < -0.4 is 5.32 Å². The van der Waals surface area contributed by atoms with E-state index in [2.05, 4.69) is 5.32 Å². The average molecular weight is 173 g/mol. The summed E-state index contributed by atoms with van der Waals surface area (Å²) in [6, 6.07) is 0. The molecule has 2 N–H and O–H groups in total. The molecule has 0 aromatic rings. The van der Waals surface area contributed by atoms with Gasteiger partial charge in [-0.05, 0) is 0 Å². The largest absolute Gasteiger partial charge is 0.481 e. The Morgan fingerprint density at radius 3 is 2.75 bits per heavy atom. The summed E-state index contributed by atoms with van der Waals surface area (Å²) in [6.45, 7) is 1.89.